The Morgan fingerprint density at radius 2 is 2.12 bits per heavy atom. The normalized spacial score (nSPS) is 16.7. The molecule has 182 valence electrons. The Morgan fingerprint density at radius 3 is 2.82 bits per heavy atom. The Labute approximate surface area is 195 Å². The number of rotatable bonds is 8. The standard InChI is InChI=1S/C20H24N6O7S/c1-4-32-16-10-25(7-8-33-16)19-17-18(24(2)12-21-17)22-20(23-19)34(29,30)11-13-5-6-15(31-3)14(9-13)26(27)28/h5-6,9,12,16H,4,7-8,10-11H2,1-3H3. The molecule has 34 heavy (non-hydrogen) atoms. The summed E-state index contributed by atoms with van der Waals surface area (Å²) in [6.07, 6.45) is 1.06. The minimum Gasteiger partial charge on any atom is -0.490 e. The molecule has 3 heterocycles. The maximum Gasteiger partial charge on any atom is 0.311 e. The predicted octanol–water partition coefficient (Wildman–Crippen LogP) is 1.45. The van der Waals surface area contributed by atoms with Gasteiger partial charge in [-0.15, -0.1) is 0 Å². The summed E-state index contributed by atoms with van der Waals surface area (Å²) in [5.41, 5.74) is 0.696. The van der Waals surface area contributed by atoms with Gasteiger partial charge in [0.15, 0.2) is 29.0 Å². The molecule has 1 atom stereocenters. The number of nitro benzene ring substituents is 1. The third-order valence-electron chi connectivity index (χ3n) is 5.28. The van der Waals surface area contributed by atoms with Crippen molar-refractivity contribution in [3.05, 3.63) is 40.2 Å². The fourth-order valence-corrected chi connectivity index (χ4v) is 4.88. The summed E-state index contributed by atoms with van der Waals surface area (Å²) in [6, 6.07) is 4.00. The second-order valence-corrected chi connectivity index (χ2v) is 9.46. The number of hydrogen-bond donors (Lipinski definition) is 0. The number of morpholine rings is 1. The van der Waals surface area contributed by atoms with Crippen LogP contribution in [0.2, 0.25) is 0 Å². The second-order valence-electron chi connectivity index (χ2n) is 7.58. The number of hydrogen-bond acceptors (Lipinski definition) is 11. The molecule has 1 aliphatic heterocycles. The van der Waals surface area contributed by atoms with Crippen LogP contribution in [0.3, 0.4) is 0 Å². The molecule has 0 amide bonds. The number of fused-ring (bicyclic) bond motifs is 1. The number of imidazole rings is 1. The number of nitro groups is 1. The molecule has 0 saturated carbocycles. The summed E-state index contributed by atoms with van der Waals surface area (Å²) < 4.78 is 44.3. The molecule has 1 aromatic carbocycles. The molecule has 0 N–H and O–H groups in total. The van der Waals surface area contributed by atoms with Gasteiger partial charge in [0.2, 0.25) is 9.84 Å². The second kappa shape index (κ2) is 9.48. The lowest BCUT2D eigenvalue weighted by Gasteiger charge is -2.33. The third kappa shape index (κ3) is 4.64. The minimum absolute atomic E-state index is 0.0390. The van der Waals surface area contributed by atoms with E-state index in [-0.39, 0.29) is 17.0 Å². The van der Waals surface area contributed by atoms with Gasteiger partial charge in [0, 0.05) is 26.3 Å². The SMILES string of the molecule is CCOC1CN(c2nc(S(=O)(=O)Cc3ccc(OC)c([N+](=O)[O-])c3)nc3c2ncn3C)CCO1. The van der Waals surface area contributed by atoms with Crippen LogP contribution in [-0.4, -0.2) is 72.6 Å². The average molecular weight is 493 g/mol. The summed E-state index contributed by atoms with van der Waals surface area (Å²) >= 11 is 0. The van der Waals surface area contributed by atoms with Gasteiger partial charge in [-0.25, -0.2) is 13.4 Å². The Kier molecular flexibility index (Phi) is 6.63. The maximum atomic E-state index is 13.3. The average Bonchev–Trinajstić information content (AvgIpc) is 3.19. The number of benzene rings is 1. The number of anilines is 1. The molecule has 0 aliphatic carbocycles. The van der Waals surface area contributed by atoms with Gasteiger partial charge in [0.25, 0.3) is 5.16 Å². The van der Waals surface area contributed by atoms with Gasteiger partial charge in [0.1, 0.15) is 0 Å². The van der Waals surface area contributed by atoms with E-state index in [0.29, 0.717) is 43.3 Å². The van der Waals surface area contributed by atoms with Crippen LogP contribution in [0, 0.1) is 10.1 Å². The fraction of sp³-hybridized carbons (Fsp3) is 0.450. The van der Waals surface area contributed by atoms with E-state index >= 15 is 0 Å². The molecule has 0 bridgehead atoms. The molecule has 1 saturated heterocycles. The van der Waals surface area contributed by atoms with Crippen LogP contribution < -0.4 is 9.64 Å². The predicted molar refractivity (Wildman–Crippen MR) is 120 cm³/mol. The summed E-state index contributed by atoms with van der Waals surface area (Å²) in [6.45, 7) is 3.52. The number of sulfone groups is 1. The molecule has 1 fully saturated rings. The molecule has 14 heteroatoms. The van der Waals surface area contributed by atoms with Gasteiger partial charge in [-0.05, 0) is 18.6 Å². The Hall–Kier alpha value is -3.36. The lowest BCUT2D eigenvalue weighted by molar-refractivity contribution is -0.385. The minimum atomic E-state index is -4.06. The first-order valence-electron chi connectivity index (χ1n) is 10.4. The van der Waals surface area contributed by atoms with Gasteiger partial charge in [-0.2, -0.15) is 9.97 Å². The lowest BCUT2D eigenvalue weighted by Crippen LogP contribution is -2.44. The number of ether oxygens (including phenoxy) is 3. The van der Waals surface area contributed by atoms with E-state index in [2.05, 4.69) is 15.0 Å². The van der Waals surface area contributed by atoms with E-state index in [1.54, 1.807) is 11.6 Å². The molecule has 1 aliphatic rings. The number of aryl methyl sites for hydroxylation is 1. The van der Waals surface area contributed by atoms with Crippen molar-refractivity contribution in [1.82, 2.24) is 19.5 Å². The van der Waals surface area contributed by atoms with E-state index in [0.717, 1.165) is 0 Å². The van der Waals surface area contributed by atoms with Crippen LogP contribution in [0.1, 0.15) is 12.5 Å². The van der Waals surface area contributed by atoms with E-state index in [9.17, 15) is 18.5 Å². The van der Waals surface area contributed by atoms with E-state index in [1.807, 2.05) is 11.8 Å². The highest BCUT2D eigenvalue weighted by Gasteiger charge is 2.29. The van der Waals surface area contributed by atoms with Crippen molar-refractivity contribution in [2.45, 2.75) is 24.1 Å². The van der Waals surface area contributed by atoms with Gasteiger partial charge in [0.05, 0.1) is 37.3 Å². The molecule has 3 aromatic rings. The van der Waals surface area contributed by atoms with Crippen molar-refractivity contribution in [3.8, 4) is 5.75 Å². The molecule has 4 rings (SSSR count). The molecular formula is C20H24N6O7S. The number of methoxy groups -OCH3 is 1. The summed E-state index contributed by atoms with van der Waals surface area (Å²) in [4.78, 5) is 25.5. The molecule has 2 aromatic heterocycles. The summed E-state index contributed by atoms with van der Waals surface area (Å²) in [5, 5.41) is 10.9. The van der Waals surface area contributed by atoms with E-state index in [4.69, 9.17) is 14.2 Å². The first kappa shape index (κ1) is 23.8. The number of aromatic nitrogens is 4. The smallest absolute Gasteiger partial charge is 0.311 e. The first-order chi connectivity index (χ1) is 16.2. The van der Waals surface area contributed by atoms with Crippen molar-refractivity contribution >= 4 is 32.5 Å². The Bertz CT molecular complexity index is 1320. The molecule has 13 nitrogen and oxygen atoms in total. The van der Waals surface area contributed by atoms with E-state index in [1.165, 1.54) is 31.6 Å². The molecule has 1 unspecified atom stereocenters. The molecular weight excluding hydrogens is 468 g/mol. The lowest BCUT2D eigenvalue weighted by atomic mass is 10.2. The van der Waals surface area contributed by atoms with Crippen LogP contribution in [0.5, 0.6) is 5.75 Å². The van der Waals surface area contributed by atoms with Crippen molar-refractivity contribution in [2.75, 3.05) is 38.3 Å². The summed E-state index contributed by atoms with van der Waals surface area (Å²) in [7, 11) is -1.05. The van der Waals surface area contributed by atoms with Crippen LogP contribution in [0.25, 0.3) is 11.2 Å². The largest absolute Gasteiger partial charge is 0.490 e. The van der Waals surface area contributed by atoms with Crippen LogP contribution in [0.15, 0.2) is 29.7 Å². The van der Waals surface area contributed by atoms with Crippen molar-refractivity contribution in [1.29, 1.82) is 0 Å². The zero-order chi connectivity index (χ0) is 24.5. The van der Waals surface area contributed by atoms with Crippen molar-refractivity contribution < 1.29 is 27.6 Å². The van der Waals surface area contributed by atoms with Crippen LogP contribution in [-0.2, 0) is 32.1 Å². The van der Waals surface area contributed by atoms with Crippen molar-refractivity contribution in [3.63, 3.8) is 0 Å². The Balaban J connectivity index is 1.73. The van der Waals surface area contributed by atoms with Gasteiger partial charge in [-0.1, -0.05) is 6.07 Å². The zero-order valence-corrected chi connectivity index (χ0v) is 19.7. The van der Waals surface area contributed by atoms with Crippen LogP contribution >= 0.6 is 0 Å². The van der Waals surface area contributed by atoms with Gasteiger partial charge in [-0.3, -0.25) is 10.1 Å². The topological polar surface area (TPSA) is 152 Å². The first-order valence-corrected chi connectivity index (χ1v) is 12.1. The number of nitrogens with zero attached hydrogens (tertiary/aromatic N) is 6. The highest BCUT2D eigenvalue weighted by Crippen LogP contribution is 2.30. The van der Waals surface area contributed by atoms with Gasteiger partial charge >= 0.3 is 5.69 Å². The van der Waals surface area contributed by atoms with Gasteiger partial charge < -0.3 is 23.7 Å². The highest BCUT2D eigenvalue weighted by atomic mass is 32.2. The van der Waals surface area contributed by atoms with Crippen LogP contribution in [0.4, 0.5) is 11.5 Å². The quantitative estimate of drug-likeness (QED) is 0.255. The fourth-order valence-electron chi connectivity index (χ4n) is 3.68. The Morgan fingerprint density at radius 1 is 1.32 bits per heavy atom. The van der Waals surface area contributed by atoms with E-state index < -0.39 is 32.0 Å². The molecule has 0 radical (unpaired) electrons. The molecule has 0 spiro atoms. The zero-order valence-electron chi connectivity index (χ0n) is 18.9. The summed E-state index contributed by atoms with van der Waals surface area (Å²) in [5.74, 6) is -0.124. The highest BCUT2D eigenvalue weighted by molar-refractivity contribution is 7.90. The third-order valence-corrected chi connectivity index (χ3v) is 6.73. The van der Waals surface area contributed by atoms with Crippen molar-refractivity contribution in [2.24, 2.45) is 7.05 Å². The maximum absolute atomic E-state index is 13.3. The monoisotopic (exact) mass is 492 g/mol.